The number of ether oxygens (including phenoxy) is 1. The molecular formula is C24H26N2O3S. The zero-order valence-electron chi connectivity index (χ0n) is 17.7. The molecule has 0 aliphatic heterocycles. The molecule has 5 nitrogen and oxygen atoms in total. The Balaban J connectivity index is 1.70. The summed E-state index contributed by atoms with van der Waals surface area (Å²) in [5.74, 6) is -0.832. The zero-order chi connectivity index (χ0) is 21.7. The largest absolute Gasteiger partial charge is 0.448 e. The molecule has 1 atom stereocenters. The van der Waals surface area contributed by atoms with E-state index in [4.69, 9.17) is 4.74 Å². The van der Waals surface area contributed by atoms with Gasteiger partial charge in [0.1, 0.15) is 5.01 Å². The molecule has 1 aromatic heterocycles. The lowest BCUT2D eigenvalue weighted by Crippen LogP contribution is -2.49. The Morgan fingerprint density at radius 1 is 1.03 bits per heavy atom. The average molecular weight is 423 g/mol. The number of amides is 1. The van der Waals surface area contributed by atoms with Crippen LogP contribution in [0.2, 0.25) is 0 Å². The van der Waals surface area contributed by atoms with Crippen molar-refractivity contribution in [3.63, 3.8) is 0 Å². The summed E-state index contributed by atoms with van der Waals surface area (Å²) in [6.07, 6.45) is -0.915. The smallest absolute Gasteiger partial charge is 0.358 e. The number of hydrogen-bond donors (Lipinski definition) is 0. The van der Waals surface area contributed by atoms with Gasteiger partial charge in [-0.3, -0.25) is 4.79 Å². The Morgan fingerprint density at radius 2 is 1.63 bits per heavy atom. The first-order valence-electron chi connectivity index (χ1n) is 9.83. The van der Waals surface area contributed by atoms with Crippen LogP contribution in [0.25, 0.3) is 10.6 Å². The van der Waals surface area contributed by atoms with Gasteiger partial charge in [0.2, 0.25) is 0 Å². The van der Waals surface area contributed by atoms with Crippen molar-refractivity contribution in [3.05, 3.63) is 77.3 Å². The number of carbonyl (C=O) groups is 2. The molecule has 0 saturated carbocycles. The van der Waals surface area contributed by atoms with E-state index in [1.54, 1.807) is 17.2 Å². The molecule has 0 bridgehead atoms. The van der Waals surface area contributed by atoms with Crippen LogP contribution in [0.4, 0.5) is 0 Å². The van der Waals surface area contributed by atoms with E-state index in [-0.39, 0.29) is 11.6 Å². The Morgan fingerprint density at radius 3 is 2.23 bits per heavy atom. The molecule has 6 heteroatoms. The van der Waals surface area contributed by atoms with Gasteiger partial charge >= 0.3 is 5.97 Å². The van der Waals surface area contributed by atoms with Gasteiger partial charge in [-0.25, -0.2) is 9.78 Å². The van der Waals surface area contributed by atoms with Gasteiger partial charge in [0, 0.05) is 23.0 Å². The minimum absolute atomic E-state index is 0.212. The van der Waals surface area contributed by atoms with E-state index < -0.39 is 17.6 Å². The lowest BCUT2D eigenvalue weighted by Gasteiger charge is -2.37. The quantitative estimate of drug-likeness (QED) is 0.514. The van der Waals surface area contributed by atoms with Crippen molar-refractivity contribution >= 4 is 23.2 Å². The van der Waals surface area contributed by atoms with E-state index in [0.29, 0.717) is 6.54 Å². The Bertz CT molecular complexity index is 994. The van der Waals surface area contributed by atoms with Gasteiger partial charge in [-0.1, -0.05) is 60.7 Å². The molecule has 1 amide bonds. The lowest BCUT2D eigenvalue weighted by atomic mass is 10.0. The van der Waals surface area contributed by atoms with Crippen LogP contribution in [-0.2, 0) is 16.1 Å². The summed E-state index contributed by atoms with van der Waals surface area (Å²) in [5.41, 5.74) is 1.75. The number of rotatable bonds is 6. The summed E-state index contributed by atoms with van der Waals surface area (Å²) >= 11 is 1.37. The highest BCUT2D eigenvalue weighted by molar-refractivity contribution is 7.13. The second-order valence-electron chi connectivity index (χ2n) is 8.03. The second kappa shape index (κ2) is 9.22. The maximum atomic E-state index is 13.1. The van der Waals surface area contributed by atoms with E-state index >= 15 is 0 Å². The van der Waals surface area contributed by atoms with Crippen molar-refractivity contribution in [2.45, 2.75) is 45.9 Å². The number of benzene rings is 2. The molecule has 0 aliphatic rings. The highest BCUT2D eigenvalue weighted by Crippen LogP contribution is 2.24. The molecule has 3 rings (SSSR count). The number of nitrogens with zero attached hydrogens (tertiary/aromatic N) is 2. The first kappa shape index (κ1) is 21.7. The summed E-state index contributed by atoms with van der Waals surface area (Å²) < 4.78 is 5.48. The van der Waals surface area contributed by atoms with Crippen LogP contribution in [0.3, 0.4) is 0 Å². The molecule has 0 fully saturated rings. The predicted molar refractivity (Wildman–Crippen MR) is 119 cm³/mol. The normalized spacial score (nSPS) is 12.3. The Kier molecular flexibility index (Phi) is 6.67. The van der Waals surface area contributed by atoms with Crippen LogP contribution in [0, 0.1) is 0 Å². The summed E-state index contributed by atoms with van der Waals surface area (Å²) in [4.78, 5) is 31.8. The van der Waals surface area contributed by atoms with Crippen LogP contribution in [-0.4, -0.2) is 33.4 Å². The lowest BCUT2D eigenvalue weighted by molar-refractivity contribution is -0.145. The fraction of sp³-hybridized carbons (Fsp3) is 0.292. The van der Waals surface area contributed by atoms with E-state index in [2.05, 4.69) is 4.98 Å². The Hall–Kier alpha value is -2.99. The number of hydrogen-bond acceptors (Lipinski definition) is 5. The molecule has 0 spiro atoms. The summed E-state index contributed by atoms with van der Waals surface area (Å²) in [6.45, 7) is 7.95. The van der Waals surface area contributed by atoms with Crippen LogP contribution in [0.5, 0.6) is 0 Å². The third-order valence-electron chi connectivity index (χ3n) is 4.62. The molecule has 0 saturated heterocycles. The molecule has 3 aromatic rings. The molecule has 0 unspecified atom stereocenters. The van der Waals surface area contributed by atoms with Crippen molar-refractivity contribution in [1.29, 1.82) is 0 Å². The number of thiazole rings is 1. The van der Waals surface area contributed by atoms with E-state index in [0.717, 1.165) is 16.1 Å². The molecule has 1 heterocycles. The minimum atomic E-state index is -0.915. The molecular weight excluding hydrogens is 396 g/mol. The summed E-state index contributed by atoms with van der Waals surface area (Å²) in [7, 11) is 0. The Labute approximate surface area is 181 Å². The van der Waals surface area contributed by atoms with Gasteiger partial charge in [-0.15, -0.1) is 11.3 Å². The maximum Gasteiger partial charge on any atom is 0.358 e. The molecule has 0 N–H and O–H groups in total. The highest BCUT2D eigenvalue weighted by Gasteiger charge is 2.32. The van der Waals surface area contributed by atoms with Gasteiger partial charge in [-0.2, -0.15) is 0 Å². The maximum absolute atomic E-state index is 13.1. The fourth-order valence-corrected chi connectivity index (χ4v) is 3.78. The number of carbonyl (C=O) groups excluding carboxylic acids is 2. The molecule has 0 aliphatic carbocycles. The minimum Gasteiger partial charge on any atom is -0.448 e. The monoisotopic (exact) mass is 422 g/mol. The SMILES string of the molecule is C[C@H](OC(=O)c1csc(-c2ccccc2)n1)C(=O)N(Cc1ccccc1)C(C)(C)C. The first-order valence-corrected chi connectivity index (χ1v) is 10.7. The van der Waals surface area contributed by atoms with Gasteiger partial charge in [0.25, 0.3) is 5.91 Å². The molecule has 0 radical (unpaired) electrons. The van der Waals surface area contributed by atoms with Gasteiger partial charge in [-0.05, 0) is 33.3 Å². The van der Waals surface area contributed by atoms with Crippen molar-refractivity contribution in [3.8, 4) is 10.6 Å². The van der Waals surface area contributed by atoms with Gasteiger partial charge in [0.05, 0.1) is 0 Å². The van der Waals surface area contributed by atoms with Crippen molar-refractivity contribution < 1.29 is 14.3 Å². The predicted octanol–water partition coefficient (Wildman–Crippen LogP) is 5.18. The van der Waals surface area contributed by atoms with Crippen molar-refractivity contribution in [2.24, 2.45) is 0 Å². The number of esters is 1. The van der Waals surface area contributed by atoms with Gasteiger partial charge in [0.15, 0.2) is 11.8 Å². The second-order valence-corrected chi connectivity index (χ2v) is 8.89. The zero-order valence-corrected chi connectivity index (χ0v) is 18.5. The summed E-state index contributed by atoms with van der Waals surface area (Å²) in [6, 6.07) is 19.4. The molecule has 156 valence electrons. The average Bonchev–Trinajstić information content (AvgIpc) is 3.22. The fourth-order valence-electron chi connectivity index (χ4n) is 2.98. The van der Waals surface area contributed by atoms with Crippen molar-refractivity contribution in [2.75, 3.05) is 0 Å². The van der Waals surface area contributed by atoms with Crippen LogP contribution < -0.4 is 0 Å². The number of aromatic nitrogens is 1. The topological polar surface area (TPSA) is 59.5 Å². The van der Waals surface area contributed by atoms with E-state index in [1.807, 2.05) is 81.4 Å². The van der Waals surface area contributed by atoms with Crippen LogP contribution in [0.1, 0.15) is 43.7 Å². The molecule has 30 heavy (non-hydrogen) atoms. The standard InChI is InChI=1S/C24H26N2O3S/c1-17(22(27)26(24(2,3)4)15-18-11-7-5-8-12-18)29-23(28)20-16-30-21(25-20)19-13-9-6-10-14-19/h5-14,16-17H,15H2,1-4H3/t17-/m0/s1. The van der Waals surface area contributed by atoms with Crippen LogP contribution >= 0.6 is 11.3 Å². The third kappa shape index (κ3) is 5.33. The third-order valence-corrected chi connectivity index (χ3v) is 5.52. The first-order chi connectivity index (χ1) is 14.3. The highest BCUT2D eigenvalue weighted by atomic mass is 32.1. The summed E-state index contributed by atoms with van der Waals surface area (Å²) in [5, 5.41) is 2.40. The molecule has 2 aromatic carbocycles. The van der Waals surface area contributed by atoms with Crippen molar-refractivity contribution in [1.82, 2.24) is 9.88 Å². The van der Waals surface area contributed by atoms with Crippen LogP contribution in [0.15, 0.2) is 66.0 Å². The van der Waals surface area contributed by atoms with E-state index in [9.17, 15) is 9.59 Å². The van der Waals surface area contributed by atoms with E-state index in [1.165, 1.54) is 11.3 Å². The van der Waals surface area contributed by atoms with Gasteiger partial charge < -0.3 is 9.64 Å².